The fraction of sp³-hybridized carbons (Fsp3) is 0.583. The maximum Gasteiger partial charge on any atom is 0.140 e. The molecule has 0 atom stereocenters. The topological polar surface area (TPSA) is 22.1 Å². The van der Waals surface area contributed by atoms with Gasteiger partial charge in [-0.05, 0) is 25.0 Å². The third-order valence-electron chi connectivity index (χ3n) is 3.01. The Labute approximate surface area is 85.3 Å². The maximum atomic E-state index is 5.34. The number of pyridine rings is 1. The normalized spacial score (nSPS) is 18.1. The van der Waals surface area contributed by atoms with E-state index in [-0.39, 0.29) is 0 Å². The minimum Gasteiger partial charge on any atom is -0.495 e. The Morgan fingerprint density at radius 3 is 2.79 bits per heavy atom. The zero-order valence-electron chi connectivity index (χ0n) is 8.70. The molecule has 0 aromatic carbocycles. The van der Waals surface area contributed by atoms with E-state index in [0.29, 0.717) is 5.92 Å². The van der Waals surface area contributed by atoms with Crippen molar-refractivity contribution in [2.24, 2.45) is 0 Å². The summed E-state index contributed by atoms with van der Waals surface area (Å²) in [6.45, 7) is 0. The summed E-state index contributed by atoms with van der Waals surface area (Å²) in [5.74, 6) is 1.58. The first-order valence-electron chi connectivity index (χ1n) is 5.40. The van der Waals surface area contributed by atoms with Crippen LogP contribution >= 0.6 is 0 Å². The molecule has 0 amide bonds. The monoisotopic (exact) mass is 191 g/mol. The fourth-order valence-corrected chi connectivity index (χ4v) is 2.26. The van der Waals surface area contributed by atoms with E-state index in [1.807, 2.05) is 18.3 Å². The highest BCUT2D eigenvalue weighted by atomic mass is 16.5. The zero-order valence-corrected chi connectivity index (χ0v) is 8.70. The van der Waals surface area contributed by atoms with Gasteiger partial charge in [-0.1, -0.05) is 19.3 Å². The van der Waals surface area contributed by atoms with Gasteiger partial charge in [0.2, 0.25) is 0 Å². The summed E-state index contributed by atoms with van der Waals surface area (Å²) in [4.78, 5) is 4.45. The summed E-state index contributed by atoms with van der Waals surface area (Å²) in [6.07, 6.45) is 8.47. The van der Waals surface area contributed by atoms with Gasteiger partial charge < -0.3 is 4.74 Å². The Morgan fingerprint density at radius 2 is 2.07 bits per heavy atom. The number of hydrogen-bond donors (Lipinski definition) is 0. The van der Waals surface area contributed by atoms with Gasteiger partial charge >= 0.3 is 0 Å². The van der Waals surface area contributed by atoms with Gasteiger partial charge in [-0.3, -0.25) is 4.98 Å². The summed E-state index contributed by atoms with van der Waals surface area (Å²) in [5.41, 5.74) is 1.16. The summed E-state index contributed by atoms with van der Waals surface area (Å²) in [6, 6.07) is 3.95. The average molecular weight is 191 g/mol. The van der Waals surface area contributed by atoms with Gasteiger partial charge in [-0.25, -0.2) is 0 Å². The van der Waals surface area contributed by atoms with E-state index in [2.05, 4.69) is 4.98 Å². The highest BCUT2D eigenvalue weighted by Gasteiger charge is 2.19. The molecule has 0 unspecified atom stereocenters. The van der Waals surface area contributed by atoms with Crippen LogP contribution < -0.4 is 4.74 Å². The van der Waals surface area contributed by atoms with Crippen molar-refractivity contribution in [1.82, 2.24) is 4.98 Å². The zero-order chi connectivity index (χ0) is 9.80. The predicted octanol–water partition coefficient (Wildman–Crippen LogP) is 3.14. The maximum absolute atomic E-state index is 5.34. The second-order valence-electron chi connectivity index (χ2n) is 3.93. The van der Waals surface area contributed by atoms with Crippen LogP contribution in [0.5, 0.6) is 5.75 Å². The molecule has 1 heterocycles. The molecule has 0 aliphatic heterocycles. The summed E-state index contributed by atoms with van der Waals surface area (Å²) in [5, 5.41) is 0. The summed E-state index contributed by atoms with van der Waals surface area (Å²) < 4.78 is 5.34. The lowest BCUT2D eigenvalue weighted by Crippen LogP contribution is -2.07. The van der Waals surface area contributed by atoms with E-state index in [4.69, 9.17) is 4.74 Å². The van der Waals surface area contributed by atoms with Crippen molar-refractivity contribution in [3.8, 4) is 5.75 Å². The molecule has 14 heavy (non-hydrogen) atoms. The van der Waals surface area contributed by atoms with Gasteiger partial charge in [-0.2, -0.15) is 0 Å². The first kappa shape index (κ1) is 9.50. The first-order chi connectivity index (χ1) is 6.92. The Kier molecular flexibility index (Phi) is 3.02. The number of rotatable bonds is 2. The van der Waals surface area contributed by atoms with Crippen LogP contribution in [0.2, 0.25) is 0 Å². The van der Waals surface area contributed by atoms with Gasteiger partial charge in [0.15, 0.2) is 0 Å². The highest BCUT2D eigenvalue weighted by Crippen LogP contribution is 2.35. The van der Waals surface area contributed by atoms with Gasteiger partial charge in [0, 0.05) is 12.1 Å². The Bertz CT molecular complexity index is 292. The van der Waals surface area contributed by atoms with Gasteiger partial charge in [0.1, 0.15) is 5.75 Å². The average Bonchev–Trinajstić information content (AvgIpc) is 2.30. The minimum atomic E-state index is 0.625. The Balaban J connectivity index is 2.20. The molecule has 1 aliphatic rings. The Morgan fingerprint density at radius 1 is 1.29 bits per heavy atom. The fourth-order valence-electron chi connectivity index (χ4n) is 2.26. The molecular weight excluding hydrogens is 174 g/mol. The van der Waals surface area contributed by atoms with Crippen LogP contribution in [0.3, 0.4) is 0 Å². The second-order valence-corrected chi connectivity index (χ2v) is 3.93. The van der Waals surface area contributed by atoms with Gasteiger partial charge in [0.25, 0.3) is 0 Å². The predicted molar refractivity (Wildman–Crippen MR) is 56.6 cm³/mol. The van der Waals surface area contributed by atoms with E-state index in [1.165, 1.54) is 32.1 Å². The van der Waals surface area contributed by atoms with Crippen LogP contribution in [0, 0.1) is 0 Å². The molecule has 76 valence electrons. The van der Waals surface area contributed by atoms with Crippen molar-refractivity contribution in [3.63, 3.8) is 0 Å². The van der Waals surface area contributed by atoms with E-state index >= 15 is 0 Å². The lowest BCUT2D eigenvalue weighted by molar-refractivity contribution is 0.381. The van der Waals surface area contributed by atoms with Crippen molar-refractivity contribution in [2.45, 2.75) is 38.0 Å². The highest BCUT2D eigenvalue weighted by molar-refractivity contribution is 5.29. The number of methoxy groups -OCH3 is 1. The van der Waals surface area contributed by atoms with E-state index in [0.717, 1.165) is 11.4 Å². The molecule has 0 bridgehead atoms. The molecule has 2 nitrogen and oxygen atoms in total. The summed E-state index contributed by atoms with van der Waals surface area (Å²) >= 11 is 0. The standard InChI is InChI=1S/C12H17NO/c1-14-11-8-5-9-13-12(11)10-6-3-2-4-7-10/h5,8-10H,2-4,6-7H2,1H3. The molecule has 1 aliphatic carbocycles. The van der Waals surface area contributed by atoms with E-state index in [9.17, 15) is 0 Å². The third-order valence-corrected chi connectivity index (χ3v) is 3.01. The quantitative estimate of drug-likeness (QED) is 0.716. The van der Waals surface area contributed by atoms with Gasteiger partial charge in [0.05, 0.1) is 12.8 Å². The second kappa shape index (κ2) is 4.45. The minimum absolute atomic E-state index is 0.625. The molecule has 1 aromatic rings. The third kappa shape index (κ3) is 1.89. The molecule has 2 rings (SSSR count). The smallest absolute Gasteiger partial charge is 0.140 e. The number of aromatic nitrogens is 1. The van der Waals surface area contributed by atoms with Crippen molar-refractivity contribution >= 4 is 0 Å². The molecule has 2 heteroatoms. The molecule has 1 aromatic heterocycles. The molecule has 1 saturated carbocycles. The Hall–Kier alpha value is -1.05. The largest absolute Gasteiger partial charge is 0.495 e. The van der Waals surface area contributed by atoms with E-state index < -0.39 is 0 Å². The van der Waals surface area contributed by atoms with Crippen LogP contribution in [0.1, 0.15) is 43.7 Å². The molecule has 0 saturated heterocycles. The van der Waals surface area contributed by atoms with Crippen molar-refractivity contribution in [1.29, 1.82) is 0 Å². The summed E-state index contributed by atoms with van der Waals surface area (Å²) in [7, 11) is 1.73. The van der Waals surface area contributed by atoms with Crippen LogP contribution in [-0.2, 0) is 0 Å². The van der Waals surface area contributed by atoms with Crippen molar-refractivity contribution in [2.75, 3.05) is 7.11 Å². The van der Waals surface area contributed by atoms with Crippen molar-refractivity contribution in [3.05, 3.63) is 24.0 Å². The van der Waals surface area contributed by atoms with Crippen LogP contribution in [0.15, 0.2) is 18.3 Å². The van der Waals surface area contributed by atoms with Crippen LogP contribution in [0.25, 0.3) is 0 Å². The lowest BCUT2D eigenvalue weighted by Gasteiger charge is -2.22. The SMILES string of the molecule is COc1cccnc1C1CCCCC1. The molecule has 0 N–H and O–H groups in total. The van der Waals surface area contributed by atoms with Crippen LogP contribution in [-0.4, -0.2) is 12.1 Å². The molecule has 1 fully saturated rings. The lowest BCUT2D eigenvalue weighted by atomic mass is 9.86. The van der Waals surface area contributed by atoms with E-state index in [1.54, 1.807) is 7.11 Å². The number of ether oxygens (including phenoxy) is 1. The first-order valence-corrected chi connectivity index (χ1v) is 5.40. The molecule has 0 spiro atoms. The van der Waals surface area contributed by atoms with Gasteiger partial charge in [-0.15, -0.1) is 0 Å². The number of hydrogen-bond acceptors (Lipinski definition) is 2. The van der Waals surface area contributed by atoms with Crippen molar-refractivity contribution < 1.29 is 4.74 Å². The van der Waals surface area contributed by atoms with Crippen LogP contribution in [0.4, 0.5) is 0 Å². The number of nitrogens with zero attached hydrogens (tertiary/aromatic N) is 1. The molecule has 0 radical (unpaired) electrons. The molecular formula is C12H17NO.